The normalized spacial score (nSPS) is 10.4. The zero-order valence-corrected chi connectivity index (χ0v) is 10.5. The van der Waals surface area contributed by atoms with Gasteiger partial charge >= 0.3 is 0 Å². The number of rotatable bonds is 2. The van der Waals surface area contributed by atoms with Crippen molar-refractivity contribution in [3.05, 3.63) is 60.4 Å². The fourth-order valence-corrected chi connectivity index (χ4v) is 1.82. The third kappa shape index (κ3) is 2.47. The Balaban J connectivity index is 1.93. The van der Waals surface area contributed by atoms with Crippen molar-refractivity contribution < 1.29 is 0 Å². The Morgan fingerprint density at radius 3 is 1.89 bits per heavy atom. The van der Waals surface area contributed by atoms with E-state index in [0.29, 0.717) is 0 Å². The minimum Gasteiger partial charge on any atom is -0.159 e. The van der Waals surface area contributed by atoms with Gasteiger partial charge < -0.3 is 0 Å². The summed E-state index contributed by atoms with van der Waals surface area (Å²) in [4.78, 5) is 0. The molecule has 2 aromatic heterocycles. The van der Waals surface area contributed by atoms with Crippen molar-refractivity contribution in [2.24, 2.45) is 0 Å². The van der Waals surface area contributed by atoms with Gasteiger partial charge in [-0.15, -0.1) is 0 Å². The second-order valence-corrected chi connectivity index (χ2v) is 4.25. The Bertz CT molecular complexity index is 661. The molecule has 3 rings (SSSR count). The quantitative estimate of drug-likeness (QED) is 0.699. The third-order valence-electron chi connectivity index (χ3n) is 2.85. The predicted molar refractivity (Wildman–Crippen MR) is 73.2 cm³/mol. The summed E-state index contributed by atoms with van der Waals surface area (Å²) in [5.41, 5.74) is 4.73. The molecule has 92 valence electrons. The predicted octanol–water partition coefficient (Wildman–Crippen LogP) is 2.91. The topological polar surface area (TPSA) is 51.6 Å². The highest BCUT2D eigenvalue weighted by Gasteiger charge is 2.02. The highest BCUT2D eigenvalue weighted by molar-refractivity contribution is 5.66. The molecule has 0 amide bonds. The summed E-state index contributed by atoms with van der Waals surface area (Å²) in [7, 11) is 0. The van der Waals surface area contributed by atoms with Crippen LogP contribution in [0.15, 0.2) is 54.7 Å². The van der Waals surface area contributed by atoms with Gasteiger partial charge in [-0.25, -0.2) is 0 Å². The van der Waals surface area contributed by atoms with Crippen LogP contribution in [0.3, 0.4) is 0 Å². The molecule has 0 N–H and O–H groups in total. The zero-order chi connectivity index (χ0) is 13.1. The Morgan fingerprint density at radius 1 is 0.684 bits per heavy atom. The molecule has 2 heterocycles. The van der Waals surface area contributed by atoms with E-state index in [1.54, 1.807) is 6.20 Å². The highest BCUT2D eigenvalue weighted by atomic mass is 15.1. The average Bonchev–Trinajstić information content (AvgIpc) is 2.49. The Labute approximate surface area is 111 Å². The van der Waals surface area contributed by atoms with E-state index in [0.717, 1.165) is 28.2 Å². The molecule has 0 aliphatic heterocycles. The summed E-state index contributed by atoms with van der Waals surface area (Å²) in [6, 6.07) is 15.8. The maximum Gasteiger partial charge on any atom is 0.0929 e. The largest absolute Gasteiger partial charge is 0.159 e. The monoisotopic (exact) mass is 248 g/mol. The molecule has 0 aliphatic carbocycles. The van der Waals surface area contributed by atoms with E-state index in [1.807, 2.05) is 55.5 Å². The van der Waals surface area contributed by atoms with Crippen LogP contribution in [0.4, 0.5) is 0 Å². The van der Waals surface area contributed by atoms with Crippen molar-refractivity contribution in [2.75, 3.05) is 0 Å². The smallest absolute Gasteiger partial charge is 0.0929 e. The van der Waals surface area contributed by atoms with Crippen molar-refractivity contribution in [3.63, 3.8) is 0 Å². The summed E-state index contributed by atoms with van der Waals surface area (Å²) >= 11 is 0. The highest BCUT2D eigenvalue weighted by Crippen LogP contribution is 2.21. The van der Waals surface area contributed by atoms with E-state index in [9.17, 15) is 0 Å². The summed E-state index contributed by atoms with van der Waals surface area (Å²) < 4.78 is 0. The first-order valence-corrected chi connectivity index (χ1v) is 6.02. The molecule has 0 aliphatic rings. The van der Waals surface area contributed by atoms with E-state index in [1.165, 1.54) is 0 Å². The van der Waals surface area contributed by atoms with Crippen LogP contribution in [-0.4, -0.2) is 20.4 Å². The van der Waals surface area contributed by atoms with Crippen LogP contribution in [0.2, 0.25) is 0 Å². The number of aryl methyl sites for hydroxylation is 1. The van der Waals surface area contributed by atoms with Crippen LogP contribution in [0.5, 0.6) is 0 Å². The fourth-order valence-electron chi connectivity index (χ4n) is 1.82. The van der Waals surface area contributed by atoms with Crippen molar-refractivity contribution >= 4 is 0 Å². The number of nitrogens with zero attached hydrogens (tertiary/aromatic N) is 4. The van der Waals surface area contributed by atoms with E-state index in [4.69, 9.17) is 0 Å². The molecule has 3 aromatic rings. The lowest BCUT2D eigenvalue weighted by Crippen LogP contribution is -1.90. The van der Waals surface area contributed by atoms with Gasteiger partial charge in [-0.2, -0.15) is 20.4 Å². The van der Waals surface area contributed by atoms with Gasteiger partial charge in [0.25, 0.3) is 0 Å². The van der Waals surface area contributed by atoms with Crippen molar-refractivity contribution in [3.8, 4) is 22.5 Å². The first-order chi connectivity index (χ1) is 9.33. The number of aromatic nitrogens is 4. The van der Waals surface area contributed by atoms with E-state index in [2.05, 4.69) is 20.4 Å². The molecule has 4 heteroatoms. The van der Waals surface area contributed by atoms with Gasteiger partial charge in [0, 0.05) is 17.3 Å². The van der Waals surface area contributed by atoms with Crippen LogP contribution >= 0.6 is 0 Å². The van der Waals surface area contributed by atoms with Gasteiger partial charge in [0.05, 0.1) is 17.1 Å². The maximum absolute atomic E-state index is 4.17. The molecule has 0 radical (unpaired) electrons. The molecule has 0 saturated carbocycles. The van der Waals surface area contributed by atoms with Gasteiger partial charge in [-0.3, -0.25) is 0 Å². The molecule has 0 spiro atoms. The standard InChI is InChI=1S/C15H12N4/c1-11-4-9-15(19-17-11)13-7-5-12(6-8-13)14-3-2-10-16-18-14/h2-10H,1H3. The van der Waals surface area contributed by atoms with E-state index >= 15 is 0 Å². The first-order valence-electron chi connectivity index (χ1n) is 6.02. The molecule has 0 saturated heterocycles. The summed E-state index contributed by atoms with van der Waals surface area (Å²) in [5, 5.41) is 16.2. The number of benzene rings is 1. The average molecular weight is 248 g/mol. The Hall–Kier alpha value is -2.62. The third-order valence-corrected chi connectivity index (χ3v) is 2.85. The molecule has 4 nitrogen and oxygen atoms in total. The lowest BCUT2D eigenvalue weighted by Gasteiger charge is -2.03. The van der Waals surface area contributed by atoms with Gasteiger partial charge in [-0.05, 0) is 31.2 Å². The minimum absolute atomic E-state index is 0.865. The Morgan fingerprint density at radius 2 is 1.37 bits per heavy atom. The van der Waals surface area contributed by atoms with Crippen LogP contribution in [-0.2, 0) is 0 Å². The van der Waals surface area contributed by atoms with Gasteiger partial charge in [0.2, 0.25) is 0 Å². The molecular weight excluding hydrogens is 236 g/mol. The molecule has 0 fully saturated rings. The summed E-state index contributed by atoms with van der Waals surface area (Å²) in [6.45, 7) is 1.92. The first kappa shape index (κ1) is 11.5. The molecular formula is C15H12N4. The van der Waals surface area contributed by atoms with Crippen LogP contribution in [0, 0.1) is 6.92 Å². The van der Waals surface area contributed by atoms with E-state index < -0.39 is 0 Å². The number of hydrogen-bond donors (Lipinski definition) is 0. The van der Waals surface area contributed by atoms with Crippen LogP contribution < -0.4 is 0 Å². The molecule has 0 bridgehead atoms. The molecule has 19 heavy (non-hydrogen) atoms. The van der Waals surface area contributed by atoms with Crippen molar-refractivity contribution in [1.82, 2.24) is 20.4 Å². The fraction of sp³-hybridized carbons (Fsp3) is 0.0667. The maximum atomic E-state index is 4.17. The van der Waals surface area contributed by atoms with Crippen LogP contribution in [0.1, 0.15) is 5.69 Å². The summed E-state index contributed by atoms with van der Waals surface area (Å²) in [5.74, 6) is 0. The molecule has 0 unspecified atom stereocenters. The zero-order valence-electron chi connectivity index (χ0n) is 10.5. The van der Waals surface area contributed by atoms with Gasteiger partial charge in [0.1, 0.15) is 0 Å². The SMILES string of the molecule is Cc1ccc(-c2ccc(-c3cccnn3)cc2)nn1. The van der Waals surface area contributed by atoms with E-state index in [-0.39, 0.29) is 0 Å². The molecule has 1 aromatic carbocycles. The molecule has 0 atom stereocenters. The number of hydrogen-bond acceptors (Lipinski definition) is 4. The van der Waals surface area contributed by atoms with Crippen molar-refractivity contribution in [1.29, 1.82) is 0 Å². The van der Waals surface area contributed by atoms with Crippen LogP contribution in [0.25, 0.3) is 22.5 Å². The Kier molecular flexibility index (Phi) is 2.98. The van der Waals surface area contributed by atoms with Gasteiger partial charge in [0.15, 0.2) is 0 Å². The second kappa shape index (κ2) is 4.94. The lowest BCUT2D eigenvalue weighted by atomic mass is 10.1. The lowest BCUT2D eigenvalue weighted by molar-refractivity contribution is 0.987. The summed E-state index contributed by atoms with van der Waals surface area (Å²) in [6.07, 6.45) is 1.67. The van der Waals surface area contributed by atoms with Crippen molar-refractivity contribution in [2.45, 2.75) is 6.92 Å². The minimum atomic E-state index is 0.865. The van der Waals surface area contributed by atoms with Gasteiger partial charge in [-0.1, -0.05) is 24.3 Å². The second-order valence-electron chi connectivity index (χ2n) is 4.25.